The van der Waals surface area contributed by atoms with E-state index in [0.717, 1.165) is 25.7 Å². The van der Waals surface area contributed by atoms with Crippen molar-refractivity contribution in [3.8, 4) is 0 Å². The van der Waals surface area contributed by atoms with Gasteiger partial charge in [-0.2, -0.15) is 12.2 Å². The second kappa shape index (κ2) is 8.82. The summed E-state index contributed by atoms with van der Waals surface area (Å²) in [4.78, 5) is 0. The molecule has 0 saturated heterocycles. The van der Waals surface area contributed by atoms with E-state index >= 15 is 0 Å². The summed E-state index contributed by atoms with van der Waals surface area (Å²) >= 11 is 0. The van der Waals surface area contributed by atoms with E-state index in [4.69, 9.17) is 0 Å². The number of hydrogen-bond acceptors (Lipinski definition) is 0. The summed E-state index contributed by atoms with van der Waals surface area (Å²) < 4.78 is 0. The van der Waals surface area contributed by atoms with Gasteiger partial charge in [-0.1, -0.05) is 26.7 Å². The van der Waals surface area contributed by atoms with Crippen LogP contribution in [0.2, 0.25) is 0 Å². The van der Waals surface area contributed by atoms with E-state index in [-0.39, 0.29) is 18.6 Å². The molecule has 15 heavy (non-hydrogen) atoms. The molecule has 0 aromatic rings. The van der Waals surface area contributed by atoms with E-state index in [0.29, 0.717) is 0 Å². The minimum absolute atomic E-state index is 0. The summed E-state index contributed by atoms with van der Waals surface area (Å²) in [5.74, 6) is 0. The normalized spacial score (nSPS) is 16.4. The molecule has 79 valence electrons. The third kappa shape index (κ3) is 5.86. The summed E-state index contributed by atoms with van der Waals surface area (Å²) in [5, 5.41) is 0. The Morgan fingerprint density at radius 2 is 1.33 bits per heavy atom. The van der Waals surface area contributed by atoms with E-state index in [1.165, 1.54) is 11.1 Å². The Hall–Kier alpha value is -0.456. The average Bonchev–Trinajstić information content (AvgIpc) is 2.92. The predicted molar refractivity (Wildman–Crippen MR) is 61.6 cm³/mol. The van der Waals surface area contributed by atoms with Crippen molar-refractivity contribution in [1.82, 2.24) is 0 Å². The number of rotatable bonds is 2. The van der Waals surface area contributed by atoms with Crippen LogP contribution in [-0.4, -0.2) is 0 Å². The smallest absolute Gasteiger partial charge is 0.270 e. The first-order chi connectivity index (χ1) is 6.86. The molecule has 0 saturated carbocycles. The molecular formula is C14H18V. The van der Waals surface area contributed by atoms with E-state index in [9.17, 15) is 0 Å². The zero-order chi connectivity index (χ0) is 10.2. The molecule has 2 aliphatic carbocycles. The zero-order valence-corrected chi connectivity index (χ0v) is 11.0. The molecule has 0 aromatic heterocycles. The van der Waals surface area contributed by atoms with Crippen molar-refractivity contribution in [2.45, 2.75) is 39.5 Å². The topological polar surface area (TPSA) is 0 Å². The molecule has 0 bridgehead atoms. The fourth-order valence-electron chi connectivity index (χ4n) is 1.39. The first-order valence-electron chi connectivity index (χ1n) is 5.39. The van der Waals surface area contributed by atoms with Crippen LogP contribution in [0.15, 0.2) is 35.5 Å². The molecule has 2 aliphatic rings. The summed E-state index contributed by atoms with van der Waals surface area (Å²) in [5.41, 5.74) is 2.72. The third-order valence-corrected chi connectivity index (χ3v) is 2.29. The molecule has 0 spiro atoms. The fraction of sp³-hybridized carbons (Fsp3) is 0.429. The minimum atomic E-state index is 0. The largest absolute Gasteiger partial charge is 2.00 e. The maximum Gasteiger partial charge on any atom is 2.00 e. The van der Waals surface area contributed by atoms with Crippen LogP contribution in [0.5, 0.6) is 0 Å². The van der Waals surface area contributed by atoms with Crippen molar-refractivity contribution in [2.75, 3.05) is 0 Å². The molecule has 1 heteroatoms. The van der Waals surface area contributed by atoms with Crippen LogP contribution in [-0.2, 0) is 18.6 Å². The van der Waals surface area contributed by atoms with Crippen LogP contribution in [0.4, 0.5) is 0 Å². The summed E-state index contributed by atoms with van der Waals surface area (Å²) in [6.45, 7) is 4.30. The Morgan fingerprint density at radius 3 is 1.47 bits per heavy atom. The molecule has 0 amide bonds. The van der Waals surface area contributed by atoms with Gasteiger partial charge in [0.05, 0.1) is 0 Å². The molecule has 1 radical (unpaired) electrons. The van der Waals surface area contributed by atoms with Gasteiger partial charge in [0, 0.05) is 0 Å². The SMILES string of the molecule is CCC1=[C-]CC=C1.CCC1=[C-]CC=C1.[V+2]. The third-order valence-electron chi connectivity index (χ3n) is 2.29. The van der Waals surface area contributed by atoms with E-state index < -0.39 is 0 Å². The molecule has 0 atom stereocenters. The van der Waals surface area contributed by atoms with Gasteiger partial charge in [-0.05, 0) is 0 Å². The van der Waals surface area contributed by atoms with Crippen LogP contribution in [0.25, 0.3) is 0 Å². The van der Waals surface area contributed by atoms with Crippen molar-refractivity contribution >= 4 is 0 Å². The first-order valence-corrected chi connectivity index (χ1v) is 5.39. The van der Waals surface area contributed by atoms with Gasteiger partial charge < -0.3 is 0 Å². The predicted octanol–water partition coefficient (Wildman–Crippen LogP) is 4.17. The van der Waals surface area contributed by atoms with E-state index in [1.807, 2.05) is 0 Å². The second-order valence-corrected chi connectivity index (χ2v) is 3.32. The Balaban J connectivity index is 0.000000245. The molecule has 0 N–H and O–H groups in total. The quantitative estimate of drug-likeness (QED) is 0.632. The standard InChI is InChI=1S/2C7H9.V/c2*1-2-7-5-3-4-6-7;/h2*3,5H,2,4H2,1H3;/q2*-1;+2. The van der Waals surface area contributed by atoms with E-state index in [1.54, 1.807) is 0 Å². The van der Waals surface area contributed by atoms with Crippen molar-refractivity contribution in [2.24, 2.45) is 0 Å². The van der Waals surface area contributed by atoms with Crippen molar-refractivity contribution in [3.05, 3.63) is 47.6 Å². The Labute approximate surface area is 106 Å². The monoisotopic (exact) mass is 237 g/mol. The minimum Gasteiger partial charge on any atom is -0.270 e. The second-order valence-electron chi connectivity index (χ2n) is 3.32. The van der Waals surface area contributed by atoms with E-state index in [2.05, 4.69) is 50.3 Å². The molecule has 0 nitrogen and oxygen atoms in total. The Kier molecular flexibility index (Phi) is 8.55. The maximum atomic E-state index is 3.21. The molecular weight excluding hydrogens is 219 g/mol. The Bertz CT molecular complexity index is 250. The fourth-order valence-corrected chi connectivity index (χ4v) is 1.39. The number of allylic oxidation sites excluding steroid dienone is 8. The van der Waals surface area contributed by atoms with Crippen molar-refractivity contribution in [1.29, 1.82) is 0 Å². The van der Waals surface area contributed by atoms with Gasteiger partial charge in [-0.25, -0.2) is 23.3 Å². The van der Waals surface area contributed by atoms with Gasteiger partial charge >= 0.3 is 18.6 Å². The van der Waals surface area contributed by atoms with Crippen LogP contribution in [0.1, 0.15) is 39.5 Å². The van der Waals surface area contributed by atoms with Crippen LogP contribution < -0.4 is 0 Å². The van der Waals surface area contributed by atoms with Gasteiger partial charge in [0.25, 0.3) is 0 Å². The summed E-state index contributed by atoms with van der Waals surface area (Å²) in [6, 6.07) is 0. The molecule has 0 aromatic carbocycles. The van der Waals surface area contributed by atoms with Gasteiger partial charge in [0.2, 0.25) is 0 Å². The summed E-state index contributed by atoms with van der Waals surface area (Å²) in [6.07, 6.45) is 19.3. The van der Waals surface area contributed by atoms with Gasteiger partial charge in [0.15, 0.2) is 0 Å². The maximum absolute atomic E-state index is 3.21. The van der Waals surface area contributed by atoms with Gasteiger partial charge in [-0.3, -0.25) is 12.2 Å². The molecule has 0 unspecified atom stereocenters. The average molecular weight is 237 g/mol. The van der Waals surface area contributed by atoms with Gasteiger partial charge in [0.1, 0.15) is 0 Å². The van der Waals surface area contributed by atoms with Crippen molar-refractivity contribution in [3.63, 3.8) is 0 Å². The van der Waals surface area contributed by atoms with Crippen LogP contribution >= 0.6 is 0 Å². The molecule has 0 heterocycles. The molecule has 2 rings (SSSR count). The van der Waals surface area contributed by atoms with Crippen molar-refractivity contribution < 1.29 is 18.6 Å². The number of hydrogen-bond donors (Lipinski definition) is 0. The zero-order valence-electron chi connectivity index (χ0n) is 9.59. The summed E-state index contributed by atoms with van der Waals surface area (Å²) in [7, 11) is 0. The van der Waals surface area contributed by atoms with Crippen LogP contribution in [0, 0.1) is 12.2 Å². The van der Waals surface area contributed by atoms with Crippen LogP contribution in [0.3, 0.4) is 0 Å². The molecule has 0 aliphatic heterocycles. The first kappa shape index (κ1) is 14.5. The van der Waals surface area contributed by atoms with Gasteiger partial charge in [-0.15, -0.1) is 12.8 Å². The molecule has 0 fully saturated rings. The Morgan fingerprint density at radius 1 is 0.933 bits per heavy atom.